The second-order valence-electron chi connectivity index (χ2n) is 6.86. The van der Waals surface area contributed by atoms with Crippen LogP contribution in [-0.4, -0.2) is 22.6 Å². The highest BCUT2D eigenvalue weighted by atomic mass is 35.5. The number of nitrogens with zero attached hydrogens (tertiary/aromatic N) is 1. The van der Waals surface area contributed by atoms with E-state index in [4.69, 9.17) is 28.5 Å². The minimum atomic E-state index is -0.769. The second-order valence-corrected chi connectivity index (χ2v) is 8.67. The van der Waals surface area contributed by atoms with E-state index in [1.54, 1.807) is 35.0 Å². The molecule has 1 amide bonds. The highest BCUT2D eigenvalue weighted by Crippen LogP contribution is 2.19. The number of anilines is 1. The molecule has 0 fully saturated rings. The highest BCUT2D eigenvalue weighted by Gasteiger charge is 2.23. The molecule has 7 nitrogen and oxygen atoms in total. The molecule has 1 aromatic heterocycles. The molecule has 0 aliphatic carbocycles. The molecule has 1 unspecified atom stereocenters. The monoisotopic (exact) mass is 503 g/mol. The Morgan fingerprint density at radius 1 is 1.27 bits per heavy atom. The summed E-state index contributed by atoms with van der Waals surface area (Å²) in [7, 11) is 2.47. The molecule has 33 heavy (non-hydrogen) atoms. The molecule has 11 heteroatoms. The first kappa shape index (κ1) is 24.4. The van der Waals surface area contributed by atoms with Crippen molar-refractivity contribution >= 4 is 66.3 Å². The predicted molar refractivity (Wildman–Crippen MR) is 136 cm³/mol. The molecular formula is C22H20ClFN5O2PS. The van der Waals surface area contributed by atoms with E-state index in [1.165, 1.54) is 29.5 Å². The van der Waals surface area contributed by atoms with Gasteiger partial charge in [0.1, 0.15) is 22.9 Å². The molecule has 170 valence electrons. The lowest BCUT2D eigenvalue weighted by atomic mass is 10.1. The maximum Gasteiger partial charge on any atom is 0.259 e. The number of nitrogen functional groups attached to an aromatic ring is 1. The van der Waals surface area contributed by atoms with E-state index in [1.807, 2.05) is 0 Å². The summed E-state index contributed by atoms with van der Waals surface area (Å²) in [6.45, 7) is -0.0224. The van der Waals surface area contributed by atoms with Gasteiger partial charge in [0.2, 0.25) is 0 Å². The van der Waals surface area contributed by atoms with Gasteiger partial charge in [-0.2, -0.15) is 11.3 Å². The molecule has 3 rings (SSSR count). The summed E-state index contributed by atoms with van der Waals surface area (Å²) in [6.07, 6.45) is 0. The second kappa shape index (κ2) is 10.6. The predicted octanol–water partition coefficient (Wildman–Crippen LogP) is 3.81. The molecule has 1 heterocycles. The fraction of sp³-hybridized carbons (Fsp3) is 0.0455. The summed E-state index contributed by atoms with van der Waals surface area (Å²) in [6, 6.07) is 10.5. The zero-order chi connectivity index (χ0) is 24.1. The minimum absolute atomic E-state index is 0.0224. The third kappa shape index (κ3) is 5.96. The van der Waals surface area contributed by atoms with Crippen LogP contribution in [0.1, 0.15) is 11.1 Å². The van der Waals surface area contributed by atoms with Crippen LogP contribution in [0.4, 0.5) is 15.8 Å². The summed E-state index contributed by atoms with van der Waals surface area (Å²) >= 11 is 7.13. The number of nitrogens with one attached hydrogen (secondary N) is 2. The Morgan fingerprint density at radius 3 is 2.67 bits per heavy atom. The number of thiophene rings is 1. The summed E-state index contributed by atoms with van der Waals surface area (Å²) in [5.74, 6) is -2.28. The highest BCUT2D eigenvalue weighted by molar-refractivity contribution is 7.28. The maximum atomic E-state index is 13.4. The summed E-state index contributed by atoms with van der Waals surface area (Å²) in [4.78, 5) is 17.3. The first-order valence-corrected chi connectivity index (χ1v) is 11.3. The molecule has 0 saturated carbocycles. The molecule has 0 aliphatic rings. The molecule has 0 saturated heterocycles. The van der Waals surface area contributed by atoms with Crippen LogP contribution < -0.4 is 22.1 Å². The number of allylic oxidation sites excluding steroid dienone is 1. The number of amidine groups is 1. The van der Waals surface area contributed by atoms with Crippen LogP contribution in [0.5, 0.6) is 0 Å². The van der Waals surface area contributed by atoms with Gasteiger partial charge in [-0.1, -0.05) is 17.7 Å². The maximum absolute atomic E-state index is 13.4. The van der Waals surface area contributed by atoms with Gasteiger partial charge in [0, 0.05) is 23.2 Å². The van der Waals surface area contributed by atoms with Crippen LogP contribution in [0.3, 0.4) is 0 Å². The lowest BCUT2D eigenvalue weighted by Crippen LogP contribution is -2.34. The van der Waals surface area contributed by atoms with Gasteiger partial charge < -0.3 is 21.9 Å². The average Bonchev–Trinajstić information content (AvgIpc) is 3.31. The molecule has 1 atom stereocenters. The van der Waals surface area contributed by atoms with Gasteiger partial charge in [0.05, 0.1) is 10.7 Å². The molecule has 0 spiro atoms. The van der Waals surface area contributed by atoms with E-state index < -0.39 is 17.5 Å². The Labute approximate surface area is 200 Å². The molecule has 0 bridgehead atoms. The van der Waals surface area contributed by atoms with Crippen LogP contribution in [0.15, 0.2) is 69.5 Å². The van der Waals surface area contributed by atoms with Crippen LogP contribution in [0, 0.1) is 11.2 Å². The fourth-order valence-corrected chi connectivity index (χ4v) is 4.00. The van der Waals surface area contributed by atoms with Crippen molar-refractivity contribution < 1.29 is 14.3 Å². The van der Waals surface area contributed by atoms with E-state index in [9.17, 15) is 14.3 Å². The van der Waals surface area contributed by atoms with Crippen molar-refractivity contribution in [3.8, 4) is 0 Å². The molecular weight excluding hydrogens is 484 g/mol. The number of aliphatic hydroxyl groups is 1. The van der Waals surface area contributed by atoms with Crippen molar-refractivity contribution in [3.63, 3.8) is 0 Å². The number of benzene rings is 2. The summed E-state index contributed by atoms with van der Waals surface area (Å²) in [5, 5.41) is 25.6. The molecule has 7 N–H and O–H groups in total. The lowest BCUT2D eigenvalue weighted by molar-refractivity contribution is -0.117. The van der Waals surface area contributed by atoms with Crippen LogP contribution in [0.2, 0.25) is 5.02 Å². The Balaban J connectivity index is 1.97. The number of amides is 1. The Bertz CT molecular complexity index is 1280. The van der Waals surface area contributed by atoms with Gasteiger partial charge in [-0.15, -0.1) is 9.24 Å². The topological polar surface area (TPSA) is 138 Å². The van der Waals surface area contributed by atoms with Gasteiger partial charge in [-0.25, -0.2) is 9.38 Å². The number of hydrogen-bond donors (Lipinski definition) is 5. The number of carbonyl (C=O) groups excluding carboxylic acids is 1. The molecule has 0 aliphatic heterocycles. The minimum Gasteiger partial charge on any atom is -0.505 e. The number of hydrogen-bond acceptors (Lipinski definition) is 6. The van der Waals surface area contributed by atoms with Crippen molar-refractivity contribution in [1.82, 2.24) is 5.32 Å². The molecule has 0 radical (unpaired) electrons. The summed E-state index contributed by atoms with van der Waals surface area (Å²) < 4.78 is 13.4. The average molecular weight is 504 g/mol. The first-order chi connectivity index (χ1) is 15.7. The van der Waals surface area contributed by atoms with E-state index in [-0.39, 0.29) is 28.7 Å². The first-order valence-electron chi connectivity index (χ1n) is 9.43. The SMILES string of the molecule is N=C(/C(O)=C(\C(=O)NCc1ccc(F)c(Cl)c1)C(N)=Nc1ccc(N)cc1P)c1ccsc1. The number of aliphatic hydroxyl groups excluding tert-OH is 1. The number of rotatable bonds is 7. The largest absolute Gasteiger partial charge is 0.505 e. The Morgan fingerprint density at radius 2 is 2.03 bits per heavy atom. The third-order valence-corrected chi connectivity index (χ3v) is 5.93. The molecule has 2 aromatic carbocycles. The Kier molecular flexibility index (Phi) is 7.81. The van der Waals surface area contributed by atoms with E-state index in [0.717, 1.165) is 0 Å². The third-order valence-electron chi connectivity index (χ3n) is 4.50. The van der Waals surface area contributed by atoms with E-state index >= 15 is 0 Å². The normalized spacial score (nSPS) is 12.3. The molecule has 3 aromatic rings. The quantitative estimate of drug-likeness (QED) is 0.0835. The van der Waals surface area contributed by atoms with Gasteiger partial charge in [-0.05, 0) is 52.6 Å². The lowest BCUT2D eigenvalue weighted by Gasteiger charge is -2.13. The van der Waals surface area contributed by atoms with Gasteiger partial charge in [-0.3, -0.25) is 10.2 Å². The smallest absolute Gasteiger partial charge is 0.259 e. The van der Waals surface area contributed by atoms with Crippen molar-refractivity contribution in [1.29, 1.82) is 5.41 Å². The van der Waals surface area contributed by atoms with Gasteiger partial charge in [0.25, 0.3) is 5.91 Å². The van der Waals surface area contributed by atoms with E-state index in [0.29, 0.717) is 27.8 Å². The zero-order valence-electron chi connectivity index (χ0n) is 17.1. The van der Waals surface area contributed by atoms with Crippen molar-refractivity contribution in [2.75, 3.05) is 5.73 Å². The van der Waals surface area contributed by atoms with Crippen LogP contribution >= 0.6 is 32.2 Å². The van der Waals surface area contributed by atoms with Crippen LogP contribution in [0.25, 0.3) is 0 Å². The number of aliphatic imine (C=N–C) groups is 1. The number of carbonyl (C=O) groups is 1. The van der Waals surface area contributed by atoms with Crippen LogP contribution in [-0.2, 0) is 11.3 Å². The Hall–Kier alpha value is -3.26. The van der Waals surface area contributed by atoms with Crippen molar-refractivity contribution in [2.45, 2.75) is 6.54 Å². The van der Waals surface area contributed by atoms with Crippen molar-refractivity contribution in [2.24, 2.45) is 10.7 Å². The fourth-order valence-electron chi connectivity index (χ4n) is 2.79. The van der Waals surface area contributed by atoms with E-state index in [2.05, 4.69) is 19.5 Å². The number of halogens is 2. The standard InChI is InChI=1S/C22H20ClFN5O2PS/c23-14-7-11(1-3-15(14)24)9-28-22(31)18(20(30)19(26)12-5-6-33-10-12)21(27)29-16-4-2-13(25)8-17(16)32/h1-8,10,26,30H,9,25,32H2,(H2,27,29)(H,28,31)/b20-18+,26-19?. The van der Waals surface area contributed by atoms with Gasteiger partial charge >= 0.3 is 0 Å². The van der Waals surface area contributed by atoms with Crippen molar-refractivity contribution in [3.05, 3.63) is 86.5 Å². The van der Waals surface area contributed by atoms with Gasteiger partial charge in [0.15, 0.2) is 5.76 Å². The summed E-state index contributed by atoms with van der Waals surface area (Å²) in [5.41, 5.74) is 13.1. The number of nitrogens with two attached hydrogens (primary N) is 2. The zero-order valence-corrected chi connectivity index (χ0v) is 19.8.